The summed E-state index contributed by atoms with van der Waals surface area (Å²) >= 11 is 0. The van der Waals surface area contributed by atoms with Gasteiger partial charge in [-0.2, -0.15) is 5.10 Å². The minimum atomic E-state index is -3.82. The number of sulfonamides is 1. The average molecular weight is 585 g/mol. The molecule has 2 atom stereocenters. The molecule has 0 radical (unpaired) electrons. The first-order valence-corrected chi connectivity index (χ1v) is 16.3. The van der Waals surface area contributed by atoms with E-state index in [1.54, 1.807) is 30.0 Å². The van der Waals surface area contributed by atoms with Crippen molar-refractivity contribution in [2.75, 3.05) is 33.0 Å². The maximum Gasteiger partial charge on any atom is 0.283 e. The Labute approximate surface area is 239 Å². The van der Waals surface area contributed by atoms with Crippen LogP contribution >= 0.6 is 0 Å². The number of nitrogens with one attached hydrogen (secondary N) is 2. The number of methoxy groups -OCH3 is 1. The maximum absolute atomic E-state index is 13.9. The number of nitrogens with zero attached hydrogens (tertiary/aromatic N) is 4. The van der Waals surface area contributed by atoms with Crippen LogP contribution in [-0.2, 0) is 14.8 Å². The zero-order valence-electron chi connectivity index (χ0n) is 23.5. The highest BCUT2D eigenvalue weighted by atomic mass is 32.2. The van der Waals surface area contributed by atoms with E-state index in [-0.39, 0.29) is 29.6 Å². The molecule has 1 aliphatic carbocycles. The quantitative estimate of drug-likeness (QED) is 0.434. The van der Waals surface area contributed by atoms with E-state index >= 15 is 0 Å². The first-order chi connectivity index (χ1) is 19.7. The lowest BCUT2D eigenvalue weighted by molar-refractivity contribution is -0.0426. The maximum atomic E-state index is 13.9. The first-order valence-electron chi connectivity index (χ1n) is 14.4. The van der Waals surface area contributed by atoms with Crippen LogP contribution in [0.4, 0.5) is 4.39 Å². The number of aromatic nitrogens is 3. The molecule has 4 heterocycles. The zero-order valence-corrected chi connectivity index (χ0v) is 24.3. The molecule has 2 saturated heterocycles. The zero-order chi connectivity index (χ0) is 28.7. The summed E-state index contributed by atoms with van der Waals surface area (Å²) in [5.41, 5.74) is 2.86. The molecule has 0 bridgehead atoms. The van der Waals surface area contributed by atoms with Crippen LogP contribution in [0.25, 0.3) is 16.7 Å². The number of carbonyl (C=O) groups excluding carboxylic acids is 1. The van der Waals surface area contributed by atoms with Gasteiger partial charge in [0.1, 0.15) is 11.5 Å². The minimum absolute atomic E-state index is 0.00738. The molecule has 10 nitrogen and oxygen atoms in total. The van der Waals surface area contributed by atoms with Crippen LogP contribution < -0.4 is 10.0 Å². The number of piperidine rings is 2. The number of hydrogen-bond donors (Lipinski definition) is 2. The third-order valence-electron chi connectivity index (χ3n) is 8.78. The molecule has 3 aliphatic rings. The molecule has 41 heavy (non-hydrogen) atoms. The molecule has 2 N–H and O–H groups in total. The average Bonchev–Trinajstić information content (AvgIpc) is 3.30. The summed E-state index contributed by atoms with van der Waals surface area (Å²) in [6.07, 6.45) is 7.81. The van der Waals surface area contributed by atoms with Gasteiger partial charge in [0.05, 0.1) is 29.8 Å². The Bertz CT molecular complexity index is 1530. The van der Waals surface area contributed by atoms with Crippen molar-refractivity contribution in [1.82, 2.24) is 29.7 Å². The fraction of sp³-hybridized carbons (Fsp3) is 0.552. The van der Waals surface area contributed by atoms with E-state index in [0.29, 0.717) is 17.4 Å². The number of rotatable bonds is 7. The van der Waals surface area contributed by atoms with E-state index in [4.69, 9.17) is 14.8 Å². The number of pyridine rings is 1. The molecule has 0 spiro atoms. The predicted octanol–water partition coefficient (Wildman–Crippen LogP) is 3.42. The second-order valence-electron chi connectivity index (χ2n) is 11.5. The topological polar surface area (TPSA) is 118 Å². The molecular weight excluding hydrogens is 547 g/mol. The van der Waals surface area contributed by atoms with Crippen molar-refractivity contribution in [2.45, 2.75) is 69.1 Å². The van der Waals surface area contributed by atoms with Crippen molar-refractivity contribution in [1.29, 1.82) is 0 Å². The summed E-state index contributed by atoms with van der Waals surface area (Å²) < 4.78 is 47.8. The molecular formula is C29H37FN6O4S. The summed E-state index contributed by atoms with van der Waals surface area (Å²) in [6, 6.07) is 7.93. The van der Waals surface area contributed by atoms with Crippen molar-refractivity contribution in [3.8, 4) is 5.69 Å². The van der Waals surface area contributed by atoms with Gasteiger partial charge in [-0.25, -0.2) is 27.2 Å². The van der Waals surface area contributed by atoms with E-state index in [9.17, 15) is 17.6 Å². The van der Waals surface area contributed by atoms with Crippen molar-refractivity contribution < 1.29 is 22.3 Å². The molecule has 1 aromatic carbocycles. The highest BCUT2D eigenvalue weighted by Crippen LogP contribution is 2.45. The molecule has 3 fully saturated rings. The Morgan fingerprint density at radius 2 is 1.83 bits per heavy atom. The molecule has 1 amide bonds. The molecule has 2 unspecified atom stereocenters. The molecule has 220 valence electrons. The standard InChI is InChI=1S/C29H37FN6O4S/c1-40-24-7-4-16-35(20-12-14-31-15-13-20)27(24)22-17-23(29(37)34-41(2,38)39)32-28-25(22)26(18-5-3-6-18)33-36(28)21-10-8-19(30)9-11-21/h8-11,17-18,20,24,27,31H,3-7,12-16H2,1-2H3,(H,34,37). The molecule has 1 saturated carbocycles. The molecule has 6 rings (SSSR count). The number of carbonyl (C=O) groups is 1. The van der Waals surface area contributed by atoms with Crippen LogP contribution in [-0.4, -0.2) is 79.1 Å². The fourth-order valence-corrected chi connectivity index (χ4v) is 7.07. The van der Waals surface area contributed by atoms with E-state index in [1.165, 1.54) is 12.1 Å². The van der Waals surface area contributed by atoms with Crippen LogP contribution in [0.2, 0.25) is 0 Å². The third-order valence-corrected chi connectivity index (χ3v) is 9.34. The second kappa shape index (κ2) is 11.4. The largest absolute Gasteiger partial charge is 0.379 e. The summed E-state index contributed by atoms with van der Waals surface area (Å²) in [4.78, 5) is 20.5. The summed E-state index contributed by atoms with van der Waals surface area (Å²) in [6.45, 7) is 2.78. The monoisotopic (exact) mass is 584 g/mol. The molecule has 2 aliphatic heterocycles. The number of benzene rings is 1. The van der Waals surface area contributed by atoms with Gasteiger partial charge in [0.2, 0.25) is 10.0 Å². The van der Waals surface area contributed by atoms with Crippen LogP contribution in [0.5, 0.6) is 0 Å². The molecule has 12 heteroatoms. The number of amides is 1. The van der Waals surface area contributed by atoms with Crippen molar-refractivity contribution in [3.63, 3.8) is 0 Å². The Balaban J connectivity index is 1.61. The highest BCUT2D eigenvalue weighted by Gasteiger charge is 2.40. The van der Waals surface area contributed by atoms with Gasteiger partial charge in [-0.15, -0.1) is 0 Å². The smallest absolute Gasteiger partial charge is 0.283 e. The van der Waals surface area contributed by atoms with Gasteiger partial charge in [0.15, 0.2) is 5.65 Å². The summed E-state index contributed by atoms with van der Waals surface area (Å²) in [5, 5.41) is 9.38. The first kappa shape index (κ1) is 28.2. The second-order valence-corrected chi connectivity index (χ2v) is 13.2. The number of likely N-dealkylation sites (tertiary alicyclic amines) is 1. The highest BCUT2D eigenvalue weighted by molar-refractivity contribution is 7.89. The van der Waals surface area contributed by atoms with Crippen molar-refractivity contribution in [2.24, 2.45) is 0 Å². The van der Waals surface area contributed by atoms with E-state index < -0.39 is 15.9 Å². The van der Waals surface area contributed by atoms with Crippen molar-refractivity contribution in [3.05, 3.63) is 53.1 Å². The SMILES string of the molecule is COC1CCCN(C2CCNCC2)C1c1cc(C(=O)NS(C)(=O)=O)nc2c1c(C1CCC1)nn2-c1ccc(F)cc1. The van der Waals surface area contributed by atoms with Crippen LogP contribution in [0.15, 0.2) is 30.3 Å². The van der Waals surface area contributed by atoms with Crippen LogP contribution in [0.1, 0.15) is 78.7 Å². The Morgan fingerprint density at radius 1 is 1.10 bits per heavy atom. The number of halogens is 1. The third kappa shape index (κ3) is 5.62. The Kier molecular flexibility index (Phi) is 7.84. The summed E-state index contributed by atoms with van der Waals surface area (Å²) in [7, 11) is -2.09. The Hall–Kier alpha value is -2.93. The van der Waals surface area contributed by atoms with E-state index in [0.717, 1.165) is 87.5 Å². The van der Waals surface area contributed by atoms with Crippen LogP contribution in [0.3, 0.4) is 0 Å². The van der Waals surface area contributed by atoms with Gasteiger partial charge < -0.3 is 10.1 Å². The van der Waals surface area contributed by atoms with Gasteiger partial charge in [0, 0.05) is 24.5 Å². The number of ether oxygens (including phenoxy) is 1. The van der Waals surface area contributed by atoms with Gasteiger partial charge in [-0.1, -0.05) is 6.42 Å². The van der Waals surface area contributed by atoms with Crippen LogP contribution in [0, 0.1) is 5.82 Å². The normalized spacial score (nSPS) is 23.0. The van der Waals surface area contributed by atoms with E-state index in [2.05, 4.69) is 14.9 Å². The summed E-state index contributed by atoms with van der Waals surface area (Å²) in [5.74, 6) is -0.924. The molecule has 3 aromatic rings. The lowest BCUT2D eigenvalue weighted by atomic mass is 9.80. The fourth-order valence-electron chi connectivity index (χ4n) is 6.63. The van der Waals surface area contributed by atoms with Gasteiger partial charge in [-0.05, 0) is 94.1 Å². The lowest BCUT2D eigenvalue weighted by Crippen LogP contribution is -2.51. The molecule has 2 aromatic heterocycles. The Morgan fingerprint density at radius 3 is 2.46 bits per heavy atom. The van der Waals surface area contributed by atoms with Gasteiger partial charge in [0.25, 0.3) is 5.91 Å². The van der Waals surface area contributed by atoms with Crippen molar-refractivity contribution >= 4 is 27.0 Å². The predicted molar refractivity (Wildman–Crippen MR) is 153 cm³/mol. The van der Waals surface area contributed by atoms with E-state index in [1.807, 2.05) is 0 Å². The minimum Gasteiger partial charge on any atom is -0.379 e. The van der Waals surface area contributed by atoms with Gasteiger partial charge >= 0.3 is 0 Å². The number of hydrogen-bond acceptors (Lipinski definition) is 8. The lowest BCUT2D eigenvalue weighted by Gasteiger charge is -2.46. The van der Waals surface area contributed by atoms with Gasteiger partial charge in [-0.3, -0.25) is 9.69 Å². The number of fused-ring (bicyclic) bond motifs is 1.